The number of carbonyl (C=O) groups excluding carboxylic acids is 1. The molecule has 0 saturated carbocycles. The predicted octanol–water partition coefficient (Wildman–Crippen LogP) is 4.58. The van der Waals surface area contributed by atoms with Gasteiger partial charge in [0.2, 0.25) is 5.91 Å². The van der Waals surface area contributed by atoms with Gasteiger partial charge in [-0.2, -0.15) is 0 Å². The van der Waals surface area contributed by atoms with E-state index >= 15 is 0 Å². The number of phenols is 2. The topological polar surface area (TPSA) is 98.1 Å². The summed E-state index contributed by atoms with van der Waals surface area (Å²) in [6, 6.07) is 12.8. The van der Waals surface area contributed by atoms with Gasteiger partial charge in [-0.05, 0) is 61.4 Å². The summed E-state index contributed by atoms with van der Waals surface area (Å²) in [5, 5.41) is 27.6. The molecule has 0 aliphatic carbocycles. The molecular formula is C21H25NO5. The van der Waals surface area contributed by atoms with Gasteiger partial charge in [-0.3, -0.25) is 14.5 Å². The average molecular weight is 371 g/mol. The zero-order chi connectivity index (χ0) is 19.6. The number of unbranched alkanes of at least 4 members (excludes halogenated alkanes) is 4. The number of hydrogen-bond acceptors (Lipinski definition) is 4. The minimum atomic E-state index is -0.774. The number of carboxylic acid groups (broad SMARTS) is 1. The maximum Gasteiger partial charge on any atom is 0.303 e. The van der Waals surface area contributed by atoms with Crippen molar-refractivity contribution in [1.29, 1.82) is 0 Å². The first-order valence-electron chi connectivity index (χ1n) is 9.10. The zero-order valence-electron chi connectivity index (χ0n) is 15.2. The van der Waals surface area contributed by atoms with Gasteiger partial charge in [-0.1, -0.05) is 19.3 Å². The van der Waals surface area contributed by atoms with Crippen molar-refractivity contribution in [2.45, 2.75) is 44.9 Å². The summed E-state index contributed by atoms with van der Waals surface area (Å²) in [4.78, 5) is 24.9. The molecule has 1 amide bonds. The van der Waals surface area contributed by atoms with E-state index < -0.39 is 5.97 Å². The van der Waals surface area contributed by atoms with E-state index in [-0.39, 0.29) is 23.8 Å². The van der Waals surface area contributed by atoms with Gasteiger partial charge in [-0.25, -0.2) is 0 Å². The second kappa shape index (κ2) is 10.2. The summed E-state index contributed by atoms with van der Waals surface area (Å²) >= 11 is 0. The lowest BCUT2D eigenvalue weighted by Crippen LogP contribution is -2.25. The Kier molecular flexibility index (Phi) is 7.67. The number of rotatable bonds is 10. The quantitative estimate of drug-likeness (QED) is 0.531. The lowest BCUT2D eigenvalue weighted by atomic mass is 10.1. The van der Waals surface area contributed by atoms with Crippen LogP contribution in [0.15, 0.2) is 48.5 Å². The van der Waals surface area contributed by atoms with Crippen LogP contribution in [0, 0.1) is 0 Å². The zero-order valence-corrected chi connectivity index (χ0v) is 15.2. The van der Waals surface area contributed by atoms with Crippen LogP contribution in [-0.4, -0.2) is 27.2 Å². The molecular weight excluding hydrogens is 346 g/mol. The highest BCUT2D eigenvalue weighted by molar-refractivity contribution is 6.00. The molecule has 0 aromatic heterocycles. The number of benzene rings is 2. The van der Waals surface area contributed by atoms with Crippen molar-refractivity contribution in [3.05, 3.63) is 48.5 Å². The summed E-state index contributed by atoms with van der Waals surface area (Å²) in [5.41, 5.74) is 1.29. The Balaban J connectivity index is 1.96. The fraction of sp³-hybridized carbons (Fsp3) is 0.333. The Morgan fingerprint density at radius 2 is 1.07 bits per heavy atom. The molecule has 27 heavy (non-hydrogen) atoms. The second-order valence-electron chi connectivity index (χ2n) is 6.42. The minimum Gasteiger partial charge on any atom is -0.508 e. The van der Waals surface area contributed by atoms with E-state index in [1.807, 2.05) is 0 Å². The number of nitrogens with zero attached hydrogens (tertiary/aromatic N) is 1. The van der Waals surface area contributed by atoms with Crippen molar-refractivity contribution in [2.24, 2.45) is 0 Å². The molecule has 0 spiro atoms. The number of anilines is 2. The van der Waals surface area contributed by atoms with Crippen LogP contribution in [0.2, 0.25) is 0 Å². The Morgan fingerprint density at radius 3 is 1.52 bits per heavy atom. The molecule has 0 saturated heterocycles. The highest BCUT2D eigenvalue weighted by atomic mass is 16.4. The highest BCUT2D eigenvalue weighted by Gasteiger charge is 2.17. The van der Waals surface area contributed by atoms with Gasteiger partial charge in [0, 0.05) is 24.2 Å². The number of aliphatic carboxylic acids is 1. The Hall–Kier alpha value is -3.02. The fourth-order valence-corrected chi connectivity index (χ4v) is 2.84. The van der Waals surface area contributed by atoms with Crippen LogP contribution >= 0.6 is 0 Å². The van der Waals surface area contributed by atoms with E-state index in [1.54, 1.807) is 29.2 Å². The molecule has 0 heterocycles. The SMILES string of the molecule is O=C(O)CCCCCCCC(=O)N(c1ccc(O)cc1)c1ccc(O)cc1. The first kappa shape index (κ1) is 20.3. The third kappa shape index (κ3) is 6.66. The maximum atomic E-state index is 12.8. The fourth-order valence-electron chi connectivity index (χ4n) is 2.84. The molecule has 0 aliphatic heterocycles. The first-order valence-corrected chi connectivity index (χ1v) is 9.10. The number of hydrogen-bond donors (Lipinski definition) is 3. The van der Waals surface area contributed by atoms with Gasteiger partial charge >= 0.3 is 5.97 Å². The molecule has 2 aromatic carbocycles. The molecule has 6 heteroatoms. The summed E-state index contributed by atoms with van der Waals surface area (Å²) < 4.78 is 0. The summed E-state index contributed by atoms with van der Waals surface area (Å²) in [6.07, 6.45) is 4.55. The lowest BCUT2D eigenvalue weighted by molar-refractivity contribution is -0.137. The molecule has 2 aromatic rings. The van der Waals surface area contributed by atoms with Crippen molar-refractivity contribution in [1.82, 2.24) is 0 Å². The van der Waals surface area contributed by atoms with Gasteiger partial charge in [-0.15, -0.1) is 0 Å². The number of amides is 1. The third-order valence-corrected chi connectivity index (χ3v) is 4.25. The molecule has 0 unspecified atom stereocenters. The van der Waals surface area contributed by atoms with Gasteiger partial charge < -0.3 is 15.3 Å². The van der Waals surface area contributed by atoms with Crippen LogP contribution in [0.25, 0.3) is 0 Å². The largest absolute Gasteiger partial charge is 0.508 e. The van der Waals surface area contributed by atoms with Crippen molar-refractivity contribution in [3.8, 4) is 11.5 Å². The van der Waals surface area contributed by atoms with E-state index in [0.29, 0.717) is 24.2 Å². The summed E-state index contributed by atoms with van der Waals surface area (Å²) in [7, 11) is 0. The number of carboxylic acids is 1. The molecule has 0 atom stereocenters. The lowest BCUT2D eigenvalue weighted by Gasteiger charge is -2.23. The number of aromatic hydroxyl groups is 2. The summed E-state index contributed by atoms with van der Waals surface area (Å²) in [5.74, 6) is -0.600. The smallest absolute Gasteiger partial charge is 0.303 e. The summed E-state index contributed by atoms with van der Waals surface area (Å²) in [6.45, 7) is 0. The van der Waals surface area contributed by atoms with E-state index in [1.165, 1.54) is 24.3 Å². The van der Waals surface area contributed by atoms with Gasteiger partial charge in [0.15, 0.2) is 0 Å². The molecule has 0 fully saturated rings. The standard InChI is InChI=1S/C21H25NO5/c23-18-12-8-16(9-13-18)22(17-10-14-19(24)15-11-17)20(25)6-4-2-1-3-5-7-21(26)27/h8-15,23-24H,1-7H2,(H,26,27). The van der Waals surface area contributed by atoms with Gasteiger partial charge in [0.1, 0.15) is 11.5 Å². The Labute approximate surface area is 158 Å². The van der Waals surface area contributed by atoms with Crippen molar-refractivity contribution >= 4 is 23.3 Å². The molecule has 6 nitrogen and oxygen atoms in total. The average Bonchev–Trinajstić information content (AvgIpc) is 2.64. The number of phenolic OH excluding ortho intramolecular Hbond substituents is 2. The normalized spacial score (nSPS) is 10.5. The Morgan fingerprint density at radius 1 is 0.667 bits per heavy atom. The van der Waals surface area contributed by atoms with Gasteiger partial charge in [0.25, 0.3) is 0 Å². The predicted molar refractivity (Wildman–Crippen MR) is 103 cm³/mol. The van der Waals surface area contributed by atoms with Crippen LogP contribution in [0.5, 0.6) is 11.5 Å². The van der Waals surface area contributed by atoms with Crippen molar-refractivity contribution in [3.63, 3.8) is 0 Å². The van der Waals surface area contributed by atoms with Crippen LogP contribution < -0.4 is 4.90 Å². The van der Waals surface area contributed by atoms with Crippen LogP contribution in [-0.2, 0) is 9.59 Å². The van der Waals surface area contributed by atoms with Crippen LogP contribution in [0.1, 0.15) is 44.9 Å². The first-order chi connectivity index (χ1) is 13.0. The molecule has 0 bridgehead atoms. The van der Waals surface area contributed by atoms with E-state index in [2.05, 4.69) is 0 Å². The van der Waals surface area contributed by atoms with Crippen LogP contribution in [0.3, 0.4) is 0 Å². The molecule has 0 radical (unpaired) electrons. The van der Waals surface area contributed by atoms with Crippen molar-refractivity contribution < 1.29 is 24.9 Å². The molecule has 2 rings (SSSR count). The minimum absolute atomic E-state index is 0.0723. The van der Waals surface area contributed by atoms with E-state index in [4.69, 9.17) is 5.11 Å². The highest BCUT2D eigenvalue weighted by Crippen LogP contribution is 2.29. The van der Waals surface area contributed by atoms with Crippen molar-refractivity contribution in [2.75, 3.05) is 4.90 Å². The van der Waals surface area contributed by atoms with Gasteiger partial charge in [0.05, 0.1) is 0 Å². The molecule has 0 aliphatic rings. The van der Waals surface area contributed by atoms with E-state index in [9.17, 15) is 19.8 Å². The molecule has 3 N–H and O–H groups in total. The van der Waals surface area contributed by atoms with E-state index in [0.717, 1.165) is 25.7 Å². The number of carbonyl (C=O) groups is 2. The monoisotopic (exact) mass is 371 g/mol. The third-order valence-electron chi connectivity index (χ3n) is 4.25. The van der Waals surface area contributed by atoms with Crippen LogP contribution in [0.4, 0.5) is 11.4 Å². The maximum absolute atomic E-state index is 12.8. The molecule has 144 valence electrons. The second-order valence-corrected chi connectivity index (χ2v) is 6.42. The Bertz CT molecular complexity index is 695.